The van der Waals surface area contributed by atoms with Crippen molar-refractivity contribution in [3.63, 3.8) is 0 Å². The zero-order valence-electron chi connectivity index (χ0n) is 18.3. The van der Waals surface area contributed by atoms with Crippen LogP contribution in [0.5, 0.6) is 23.0 Å². The van der Waals surface area contributed by atoms with E-state index in [4.69, 9.17) is 18.9 Å². The van der Waals surface area contributed by atoms with Crippen LogP contribution in [0.3, 0.4) is 0 Å². The highest BCUT2D eigenvalue weighted by molar-refractivity contribution is 7.13. The van der Waals surface area contributed by atoms with Crippen LogP contribution in [-0.2, 0) is 6.54 Å². The first-order valence-electron chi connectivity index (χ1n) is 9.72. The van der Waals surface area contributed by atoms with Gasteiger partial charge in [0.15, 0.2) is 23.0 Å². The Morgan fingerprint density at radius 2 is 1.52 bits per heavy atom. The van der Waals surface area contributed by atoms with Gasteiger partial charge in [-0.25, -0.2) is 4.98 Å². The molecule has 164 valence electrons. The van der Waals surface area contributed by atoms with E-state index in [0.717, 1.165) is 16.1 Å². The molecule has 0 spiro atoms. The number of thiazole rings is 1. The van der Waals surface area contributed by atoms with Crippen molar-refractivity contribution in [2.75, 3.05) is 35.0 Å². The molecular weight excluding hydrogens is 416 g/mol. The summed E-state index contributed by atoms with van der Waals surface area (Å²) in [6.07, 6.45) is 0. The molecule has 0 aliphatic rings. The summed E-state index contributed by atoms with van der Waals surface area (Å²) in [5.41, 5.74) is 2.23. The van der Waals surface area contributed by atoms with Gasteiger partial charge in [0.1, 0.15) is 10.7 Å². The number of carbonyl (C=O) groups is 1. The third-order valence-corrected chi connectivity index (χ3v) is 5.74. The smallest absolute Gasteiger partial charge is 0.273 e. The second kappa shape index (κ2) is 10.2. The molecule has 0 atom stereocenters. The molecular formula is C23H26N2O5S. The molecule has 1 aromatic heterocycles. The fraction of sp³-hybridized carbons (Fsp3) is 0.304. The number of nitrogens with zero attached hydrogens (tertiary/aromatic N) is 2. The molecule has 3 rings (SSSR count). The number of carbonyl (C=O) groups excluding carboxylic acids is 1. The van der Waals surface area contributed by atoms with Crippen molar-refractivity contribution in [2.24, 2.45) is 0 Å². The van der Waals surface area contributed by atoms with E-state index in [0.29, 0.717) is 41.8 Å². The zero-order valence-corrected chi connectivity index (χ0v) is 19.1. The first-order valence-corrected chi connectivity index (χ1v) is 10.6. The predicted octanol–water partition coefficient (Wildman–Crippen LogP) is 4.51. The van der Waals surface area contributed by atoms with Crippen LogP contribution < -0.4 is 18.9 Å². The summed E-state index contributed by atoms with van der Waals surface area (Å²) < 4.78 is 21.3. The Morgan fingerprint density at radius 1 is 0.903 bits per heavy atom. The predicted molar refractivity (Wildman–Crippen MR) is 121 cm³/mol. The Hall–Kier alpha value is -3.26. The molecule has 8 heteroatoms. The molecule has 0 fully saturated rings. The molecule has 0 bridgehead atoms. The van der Waals surface area contributed by atoms with Crippen LogP contribution in [0.4, 0.5) is 0 Å². The third kappa shape index (κ3) is 4.91. The lowest BCUT2D eigenvalue weighted by atomic mass is 10.1. The number of rotatable bonds is 9. The van der Waals surface area contributed by atoms with Crippen molar-refractivity contribution < 1.29 is 23.7 Å². The fourth-order valence-electron chi connectivity index (χ4n) is 3.16. The van der Waals surface area contributed by atoms with Gasteiger partial charge >= 0.3 is 0 Å². The van der Waals surface area contributed by atoms with Crippen LogP contribution in [-0.4, -0.2) is 50.8 Å². The van der Waals surface area contributed by atoms with Crippen LogP contribution in [0, 0.1) is 0 Å². The lowest BCUT2D eigenvalue weighted by molar-refractivity contribution is 0.0747. The van der Waals surface area contributed by atoms with Gasteiger partial charge < -0.3 is 23.8 Å². The lowest BCUT2D eigenvalue weighted by Gasteiger charge is -2.20. The number of hydrogen-bond donors (Lipinski definition) is 0. The molecule has 0 aliphatic heterocycles. The van der Waals surface area contributed by atoms with Crippen LogP contribution in [0.15, 0.2) is 41.8 Å². The number of benzene rings is 2. The van der Waals surface area contributed by atoms with E-state index in [2.05, 4.69) is 4.98 Å². The monoisotopic (exact) mass is 442 g/mol. The number of methoxy groups -OCH3 is 4. The van der Waals surface area contributed by atoms with Crippen molar-refractivity contribution in [1.29, 1.82) is 0 Å². The summed E-state index contributed by atoms with van der Waals surface area (Å²) in [6.45, 7) is 2.94. The molecule has 2 aromatic carbocycles. The van der Waals surface area contributed by atoms with Gasteiger partial charge in [-0.1, -0.05) is 6.07 Å². The van der Waals surface area contributed by atoms with E-state index in [1.165, 1.54) is 11.3 Å². The van der Waals surface area contributed by atoms with Crippen molar-refractivity contribution in [3.8, 4) is 33.6 Å². The van der Waals surface area contributed by atoms with Crippen molar-refractivity contribution >= 4 is 17.2 Å². The summed E-state index contributed by atoms with van der Waals surface area (Å²) >= 11 is 1.42. The Morgan fingerprint density at radius 3 is 2.13 bits per heavy atom. The number of amides is 1. The average Bonchev–Trinajstić information content (AvgIpc) is 3.31. The maximum absolute atomic E-state index is 13.1. The van der Waals surface area contributed by atoms with Gasteiger partial charge in [0.2, 0.25) is 0 Å². The number of hydrogen-bond acceptors (Lipinski definition) is 7. The van der Waals surface area contributed by atoms with E-state index in [1.54, 1.807) is 38.7 Å². The molecule has 0 N–H and O–H groups in total. The number of ether oxygens (including phenoxy) is 4. The molecule has 1 heterocycles. The largest absolute Gasteiger partial charge is 0.493 e. The summed E-state index contributed by atoms with van der Waals surface area (Å²) in [6, 6.07) is 11.2. The quantitative estimate of drug-likeness (QED) is 0.486. The zero-order chi connectivity index (χ0) is 22.4. The summed E-state index contributed by atoms with van der Waals surface area (Å²) in [4.78, 5) is 19.4. The topological polar surface area (TPSA) is 70.1 Å². The molecule has 31 heavy (non-hydrogen) atoms. The SMILES string of the molecule is CCN(Cc1ccc(OC)c(OC)c1)C(=O)c1csc(-c2ccc(OC)c(OC)c2)n1. The van der Waals surface area contributed by atoms with E-state index < -0.39 is 0 Å². The molecule has 0 aliphatic carbocycles. The second-order valence-corrected chi connectivity index (χ2v) is 7.47. The summed E-state index contributed by atoms with van der Waals surface area (Å²) in [5, 5.41) is 2.53. The van der Waals surface area contributed by atoms with Crippen molar-refractivity contribution in [2.45, 2.75) is 13.5 Å². The average molecular weight is 443 g/mol. The van der Waals surface area contributed by atoms with E-state index in [1.807, 2.05) is 43.3 Å². The Balaban J connectivity index is 1.80. The Bertz CT molecular complexity index is 1050. The molecule has 0 radical (unpaired) electrons. The first-order chi connectivity index (χ1) is 15.0. The Kier molecular flexibility index (Phi) is 7.36. The highest BCUT2D eigenvalue weighted by Gasteiger charge is 2.19. The van der Waals surface area contributed by atoms with Crippen LogP contribution >= 0.6 is 11.3 Å². The summed E-state index contributed by atoms with van der Waals surface area (Å²) in [5.74, 6) is 2.42. The molecule has 1 amide bonds. The standard InChI is InChI=1S/C23H26N2O5S/c1-6-25(13-15-7-9-18(27-2)20(11-15)29-4)23(26)17-14-31-22(24-17)16-8-10-19(28-3)21(12-16)30-5/h7-12,14H,6,13H2,1-5H3. The van der Waals surface area contributed by atoms with Crippen LogP contribution in [0.25, 0.3) is 10.6 Å². The molecule has 0 saturated heterocycles. The third-order valence-electron chi connectivity index (χ3n) is 4.84. The highest BCUT2D eigenvalue weighted by atomic mass is 32.1. The van der Waals surface area contributed by atoms with Gasteiger partial charge in [-0.05, 0) is 42.8 Å². The van der Waals surface area contributed by atoms with Gasteiger partial charge in [0.25, 0.3) is 5.91 Å². The van der Waals surface area contributed by atoms with Gasteiger partial charge in [-0.3, -0.25) is 4.79 Å². The maximum Gasteiger partial charge on any atom is 0.273 e. The Labute approximate surface area is 186 Å². The summed E-state index contributed by atoms with van der Waals surface area (Å²) in [7, 11) is 6.37. The van der Waals surface area contributed by atoms with E-state index in [-0.39, 0.29) is 5.91 Å². The van der Waals surface area contributed by atoms with Gasteiger partial charge in [-0.15, -0.1) is 11.3 Å². The van der Waals surface area contributed by atoms with Crippen LogP contribution in [0.2, 0.25) is 0 Å². The minimum absolute atomic E-state index is 0.125. The molecule has 7 nitrogen and oxygen atoms in total. The van der Waals surface area contributed by atoms with Crippen LogP contribution in [0.1, 0.15) is 23.0 Å². The normalized spacial score (nSPS) is 10.5. The minimum atomic E-state index is -0.125. The minimum Gasteiger partial charge on any atom is -0.493 e. The molecule has 0 unspecified atom stereocenters. The molecule has 0 saturated carbocycles. The first kappa shape index (κ1) is 22.4. The maximum atomic E-state index is 13.1. The fourth-order valence-corrected chi connectivity index (χ4v) is 3.95. The van der Waals surface area contributed by atoms with Crippen molar-refractivity contribution in [1.82, 2.24) is 9.88 Å². The lowest BCUT2D eigenvalue weighted by Crippen LogP contribution is -2.30. The highest BCUT2D eigenvalue weighted by Crippen LogP contribution is 2.34. The van der Waals surface area contributed by atoms with Gasteiger partial charge in [0.05, 0.1) is 28.4 Å². The molecule has 3 aromatic rings. The van der Waals surface area contributed by atoms with Gasteiger partial charge in [0, 0.05) is 24.0 Å². The van der Waals surface area contributed by atoms with Gasteiger partial charge in [-0.2, -0.15) is 0 Å². The van der Waals surface area contributed by atoms with E-state index >= 15 is 0 Å². The second-order valence-electron chi connectivity index (χ2n) is 6.62. The van der Waals surface area contributed by atoms with E-state index in [9.17, 15) is 4.79 Å². The number of aromatic nitrogens is 1. The van der Waals surface area contributed by atoms with Crippen molar-refractivity contribution in [3.05, 3.63) is 53.0 Å².